The van der Waals surface area contributed by atoms with Crippen molar-refractivity contribution in [3.8, 4) is 11.4 Å². The molecular weight excluding hydrogens is 228 g/mol. The molecule has 3 aromatic rings. The molecule has 3 aromatic heterocycles. The molecule has 0 atom stereocenters. The highest BCUT2D eigenvalue weighted by Gasteiger charge is 2.11. The standard InChI is InChI=1S/C12H12N6/c1-7-5-11-16-17-12(18(11)8(2)15-7)9-3-4-14-10(13)6-9/h3-6H,1-2H3,(H2,13,14). The Balaban J connectivity index is 2.31. The quantitative estimate of drug-likeness (QED) is 0.695. The van der Waals surface area contributed by atoms with Gasteiger partial charge in [0.1, 0.15) is 11.6 Å². The topological polar surface area (TPSA) is 82.0 Å². The Bertz CT molecular complexity index is 731. The Morgan fingerprint density at radius 1 is 1.17 bits per heavy atom. The van der Waals surface area contributed by atoms with Crippen LogP contribution in [0.15, 0.2) is 24.4 Å². The Kier molecular flexibility index (Phi) is 2.22. The summed E-state index contributed by atoms with van der Waals surface area (Å²) in [5.74, 6) is 2.03. The summed E-state index contributed by atoms with van der Waals surface area (Å²) >= 11 is 0. The van der Waals surface area contributed by atoms with Gasteiger partial charge >= 0.3 is 0 Å². The second-order valence-electron chi connectivity index (χ2n) is 4.13. The van der Waals surface area contributed by atoms with Gasteiger partial charge in [0.15, 0.2) is 11.5 Å². The van der Waals surface area contributed by atoms with Crippen molar-refractivity contribution in [2.45, 2.75) is 13.8 Å². The molecule has 0 aromatic carbocycles. The Morgan fingerprint density at radius 3 is 2.78 bits per heavy atom. The number of aromatic nitrogens is 5. The summed E-state index contributed by atoms with van der Waals surface area (Å²) in [5.41, 5.74) is 8.27. The van der Waals surface area contributed by atoms with Crippen LogP contribution in [-0.4, -0.2) is 24.6 Å². The lowest BCUT2D eigenvalue weighted by Crippen LogP contribution is -2.00. The van der Waals surface area contributed by atoms with Crippen LogP contribution in [0.3, 0.4) is 0 Å². The van der Waals surface area contributed by atoms with Gasteiger partial charge in [0.2, 0.25) is 0 Å². The fraction of sp³-hybridized carbons (Fsp3) is 0.167. The van der Waals surface area contributed by atoms with E-state index in [4.69, 9.17) is 5.73 Å². The van der Waals surface area contributed by atoms with Gasteiger partial charge in [0, 0.05) is 23.5 Å². The van der Waals surface area contributed by atoms with E-state index >= 15 is 0 Å². The molecule has 0 aliphatic carbocycles. The summed E-state index contributed by atoms with van der Waals surface area (Å²) in [6.45, 7) is 3.86. The van der Waals surface area contributed by atoms with Gasteiger partial charge in [0.05, 0.1) is 0 Å². The summed E-state index contributed by atoms with van der Waals surface area (Å²) < 4.78 is 1.90. The van der Waals surface area contributed by atoms with Crippen LogP contribution < -0.4 is 5.73 Å². The van der Waals surface area contributed by atoms with Gasteiger partial charge in [-0.1, -0.05) is 0 Å². The molecule has 0 bridgehead atoms. The third kappa shape index (κ3) is 1.58. The predicted octanol–water partition coefficient (Wildman–Crippen LogP) is 1.39. The third-order valence-corrected chi connectivity index (χ3v) is 2.73. The Hall–Kier alpha value is -2.50. The number of rotatable bonds is 1. The molecule has 0 fully saturated rings. The van der Waals surface area contributed by atoms with E-state index in [9.17, 15) is 0 Å². The molecule has 0 radical (unpaired) electrons. The lowest BCUT2D eigenvalue weighted by atomic mass is 10.2. The molecule has 0 spiro atoms. The van der Waals surface area contributed by atoms with Crippen LogP contribution in [0.4, 0.5) is 5.82 Å². The molecule has 0 aliphatic heterocycles. The first-order valence-corrected chi connectivity index (χ1v) is 5.56. The summed E-state index contributed by atoms with van der Waals surface area (Å²) in [4.78, 5) is 8.39. The SMILES string of the molecule is Cc1cc2nnc(-c3ccnc(N)c3)n2c(C)n1. The van der Waals surface area contributed by atoms with Crippen LogP contribution in [0.5, 0.6) is 0 Å². The molecule has 90 valence electrons. The smallest absolute Gasteiger partial charge is 0.169 e. The second-order valence-corrected chi connectivity index (χ2v) is 4.13. The van der Waals surface area contributed by atoms with Gasteiger partial charge in [-0.2, -0.15) is 0 Å². The average molecular weight is 240 g/mol. The second kappa shape index (κ2) is 3.76. The highest BCUT2D eigenvalue weighted by molar-refractivity contribution is 5.62. The van der Waals surface area contributed by atoms with Crippen molar-refractivity contribution in [3.05, 3.63) is 35.9 Å². The van der Waals surface area contributed by atoms with Gasteiger partial charge in [-0.15, -0.1) is 10.2 Å². The number of fused-ring (bicyclic) bond motifs is 1. The van der Waals surface area contributed by atoms with Gasteiger partial charge in [-0.3, -0.25) is 4.40 Å². The van der Waals surface area contributed by atoms with Crippen molar-refractivity contribution in [1.82, 2.24) is 24.6 Å². The maximum Gasteiger partial charge on any atom is 0.169 e. The highest BCUT2D eigenvalue weighted by atomic mass is 15.3. The van der Waals surface area contributed by atoms with Crippen molar-refractivity contribution in [2.75, 3.05) is 5.73 Å². The minimum Gasteiger partial charge on any atom is -0.384 e. The number of anilines is 1. The predicted molar refractivity (Wildman–Crippen MR) is 67.9 cm³/mol. The molecule has 0 amide bonds. The first-order chi connectivity index (χ1) is 8.65. The van der Waals surface area contributed by atoms with Crippen molar-refractivity contribution < 1.29 is 0 Å². The van der Waals surface area contributed by atoms with Gasteiger partial charge in [0.25, 0.3) is 0 Å². The molecule has 0 unspecified atom stereocenters. The number of aryl methyl sites for hydroxylation is 2. The Morgan fingerprint density at radius 2 is 2.00 bits per heavy atom. The van der Waals surface area contributed by atoms with Crippen LogP contribution in [-0.2, 0) is 0 Å². The van der Waals surface area contributed by atoms with E-state index in [0.717, 1.165) is 28.6 Å². The maximum absolute atomic E-state index is 5.69. The number of hydrogen-bond acceptors (Lipinski definition) is 5. The fourth-order valence-electron chi connectivity index (χ4n) is 2.01. The molecular formula is C12H12N6. The van der Waals surface area contributed by atoms with Crippen LogP contribution in [0.25, 0.3) is 17.0 Å². The molecule has 0 saturated carbocycles. The highest BCUT2D eigenvalue weighted by Crippen LogP contribution is 2.20. The van der Waals surface area contributed by atoms with Crippen molar-refractivity contribution in [3.63, 3.8) is 0 Å². The molecule has 0 saturated heterocycles. The maximum atomic E-state index is 5.69. The van der Waals surface area contributed by atoms with Gasteiger partial charge < -0.3 is 5.73 Å². The molecule has 2 N–H and O–H groups in total. The Labute approximate surface area is 104 Å². The first kappa shape index (κ1) is 10.6. The van der Waals surface area contributed by atoms with E-state index in [1.54, 1.807) is 12.3 Å². The zero-order valence-electron chi connectivity index (χ0n) is 10.1. The van der Waals surface area contributed by atoms with E-state index in [2.05, 4.69) is 20.2 Å². The van der Waals surface area contributed by atoms with E-state index < -0.39 is 0 Å². The van der Waals surface area contributed by atoms with E-state index in [1.807, 2.05) is 30.4 Å². The number of pyridine rings is 1. The summed E-state index contributed by atoms with van der Waals surface area (Å²) in [5, 5.41) is 8.36. The van der Waals surface area contributed by atoms with Crippen LogP contribution in [0, 0.1) is 13.8 Å². The normalized spacial score (nSPS) is 11.0. The van der Waals surface area contributed by atoms with Crippen LogP contribution in [0.2, 0.25) is 0 Å². The average Bonchev–Trinajstić information content (AvgIpc) is 2.72. The summed E-state index contributed by atoms with van der Waals surface area (Å²) in [6, 6.07) is 5.52. The first-order valence-electron chi connectivity index (χ1n) is 5.56. The van der Waals surface area contributed by atoms with Gasteiger partial charge in [-0.25, -0.2) is 9.97 Å². The number of nitrogens with zero attached hydrogens (tertiary/aromatic N) is 5. The molecule has 3 heterocycles. The zero-order valence-corrected chi connectivity index (χ0v) is 10.1. The number of nitrogen functional groups attached to an aromatic ring is 1. The lowest BCUT2D eigenvalue weighted by Gasteiger charge is -2.04. The number of hydrogen-bond donors (Lipinski definition) is 1. The lowest BCUT2D eigenvalue weighted by molar-refractivity contribution is 0.961. The zero-order chi connectivity index (χ0) is 12.7. The van der Waals surface area contributed by atoms with E-state index in [-0.39, 0.29) is 0 Å². The fourth-order valence-corrected chi connectivity index (χ4v) is 2.01. The number of nitrogens with two attached hydrogens (primary N) is 1. The molecule has 6 nitrogen and oxygen atoms in total. The summed E-state index contributed by atoms with van der Waals surface area (Å²) in [7, 11) is 0. The molecule has 6 heteroatoms. The minimum absolute atomic E-state index is 0.460. The van der Waals surface area contributed by atoms with E-state index in [0.29, 0.717) is 5.82 Å². The van der Waals surface area contributed by atoms with Crippen molar-refractivity contribution in [1.29, 1.82) is 0 Å². The van der Waals surface area contributed by atoms with Crippen LogP contribution >= 0.6 is 0 Å². The third-order valence-electron chi connectivity index (χ3n) is 2.73. The van der Waals surface area contributed by atoms with E-state index in [1.165, 1.54) is 0 Å². The monoisotopic (exact) mass is 240 g/mol. The minimum atomic E-state index is 0.460. The van der Waals surface area contributed by atoms with Gasteiger partial charge in [-0.05, 0) is 26.0 Å². The largest absolute Gasteiger partial charge is 0.384 e. The molecule has 3 rings (SSSR count). The molecule has 0 aliphatic rings. The summed E-state index contributed by atoms with van der Waals surface area (Å²) in [6.07, 6.45) is 1.66. The van der Waals surface area contributed by atoms with Crippen molar-refractivity contribution >= 4 is 11.5 Å². The van der Waals surface area contributed by atoms with Crippen LogP contribution in [0.1, 0.15) is 11.5 Å². The molecule has 18 heavy (non-hydrogen) atoms. The van der Waals surface area contributed by atoms with Crippen molar-refractivity contribution in [2.24, 2.45) is 0 Å².